The van der Waals surface area contributed by atoms with Crippen LogP contribution in [0.2, 0.25) is 0 Å². The Hall–Kier alpha value is -1.88. The average molecular weight is 357 g/mol. The van der Waals surface area contributed by atoms with Crippen molar-refractivity contribution >= 4 is 11.8 Å². The summed E-state index contributed by atoms with van der Waals surface area (Å²) in [6.45, 7) is 6.73. The molecule has 1 N–H and O–H groups in total. The van der Waals surface area contributed by atoms with Crippen LogP contribution in [0.15, 0.2) is 24.3 Å². The molecule has 142 valence electrons. The van der Waals surface area contributed by atoms with Gasteiger partial charge in [-0.25, -0.2) is 0 Å². The van der Waals surface area contributed by atoms with E-state index in [2.05, 4.69) is 10.2 Å². The molecule has 1 unspecified atom stereocenters. The average Bonchev–Trinajstić information content (AvgIpc) is 3.10. The van der Waals surface area contributed by atoms with Gasteiger partial charge in [-0.15, -0.1) is 0 Å². The van der Waals surface area contributed by atoms with Crippen LogP contribution in [0, 0.1) is 0 Å². The number of hydrogen-bond acceptors (Lipinski definition) is 3. The van der Waals surface area contributed by atoms with E-state index in [1.165, 1.54) is 32.4 Å². The minimum absolute atomic E-state index is 0.0530. The summed E-state index contributed by atoms with van der Waals surface area (Å²) in [6, 6.07) is 7.76. The van der Waals surface area contributed by atoms with E-state index in [1.807, 2.05) is 17.9 Å². The lowest BCUT2D eigenvalue weighted by atomic mass is 10.1. The van der Waals surface area contributed by atoms with E-state index >= 15 is 0 Å². The molecule has 2 heterocycles. The zero-order valence-corrected chi connectivity index (χ0v) is 15.9. The van der Waals surface area contributed by atoms with Gasteiger partial charge in [-0.3, -0.25) is 9.59 Å². The van der Waals surface area contributed by atoms with Crippen molar-refractivity contribution in [3.8, 4) is 0 Å². The van der Waals surface area contributed by atoms with Gasteiger partial charge in [-0.2, -0.15) is 0 Å². The van der Waals surface area contributed by atoms with Crippen LogP contribution in [0.5, 0.6) is 0 Å². The van der Waals surface area contributed by atoms with Crippen LogP contribution in [0.1, 0.15) is 66.2 Å². The molecular weight excluding hydrogens is 326 g/mol. The van der Waals surface area contributed by atoms with Crippen LogP contribution >= 0.6 is 0 Å². The number of nitrogens with zero attached hydrogens (tertiary/aromatic N) is 2. The molecule has 2 fully saturated rings. The van der Waals surface area contributed by atoms with E-state index in [-0.39, 0.29) is 11.8 Å². The maximum absolute atomic E-state index is 12.9. The number of benzene rings is 1. The molecule has 2 aliphatic rings. The largest absolute Gasteiger partial charge is 0.352 e. The van der Waals surface area contributed by atoms with E-state index in [1.54, 1.807) is 18.2 Å². The second-order valence-corrected chi connectivity index (χ2v) is 7.46. The molecule has 1 atom stereocenters. The summed E-state index contributed by atoms with van der Waals surface area (Å²) in [7, 11) is 0. The van der Waals surface area contributed by atoms with Gasteiger partial charge in [0.1, 0.15) is 0 Å². The van der Waals surface area contributed by atoms with Crippen molar-refractivity contribution in [2.75, 3.05) is 32.7 Å². The fourth-order valence-electron chi connectivity index (χ4n) is 4.07. The molecule has 0 spiro atoms. The second kappa shape index (κ2) is 9.17. The van der Waals surface area contributed by atoms with Crippen molar-refractivity contribution in [2.45, 2.75) is 51.5 Å². The number of nitrogens with one attached hydrogen (secondary N) is 1. The molecule has 0 aromatic heterocycles. The minimum Gasteiger partial charge on any atom is -0.352 e. The summed E-state index contributed by atoms with van der Waals surface area (Å²) in [5.41, 5.74) is 1.18. The van der Waals surface area contributed by atoms with Crippen LogP contribution < -0.4 is 5.32 Å². The van der Waals surface area contributed by atoms with Crippen LogP contribution in [0.25, 0.3) is 0 Å². The zero-order valence-electron chi connectivity index (χ0n) is 15.9. The van der Waals surface area contributed by atoms with Gasteiger partial charge in [0.15, 0.2) is 0 Å². The fourth-order valence-corrected chi connectivity index (χ4v) is 4.07. The van der Waals surface area contributed by atoms with Gasteiger partial charge in [-0.05, 0) is 69.8 Å². The minimum atomic E-state index is -0.105. The number of carbonyl (C=O) groups is 2. The fraction of sp³-hybridized carbons (Fsp3) is 0.619. The monoisotopic (exact) mass is 357 g/mol. The Labute approximate surface area is 156 Å². The highest BCUT2D eigenvalue weighted by molar-refractivity contribution is 5.99. The lowest BCUT2D eigenvalue weighted by Crippen LogP contribution is -2.35. The summed E-state index contributed by atoms with van der Waals surface area (Å²) in [5, 5.41) is 2.87. The van der Waals surface area contributed by atoms with Crippen molar-refractivity contribution < 1.29 is 9.59 Å². The van der Waals surface area contributed by atoms with E-state index in [0.29, 0.717) is 23.7 Å². The Morgan fingerprint density at radius 2 is 1.81 bits per heavy atom. The lowest BCUT2D eigenvalue weighted by molar-refractivity contribution is 0.0757. The maximum Gasteiger partial charge on any atom is 0.253 e. The standard InChI is InChI=1S/C21H31N3O2/c1-2-11-22-20(25)17-7-5-8-18(16-17)21(26)24-14-6-9-19(10-15-24)23-12-3-4-13-23/h5,7-8,16,19H,2-4,6,9-15H2,1H3,(H,22,25). The number of rotatable bonds is 5. The number of carbonyl (C=O) groups excluding carboxylic acids is 2. The van der Waals surface area contributed by atoms with Crippen molar-refractivity contribution in [1.29, 1.82) is 0 Å². The van der Waals surface area contributed by atoms with Crippen LogP contribution in [0.4, 0.5) is 0 Å². The van der Waals surface area contributed by atoms with Crippen LogP contribution in [0.3, 0.4) is 0 Å². The van der Waals surface area contributed by atoms with Gasteiger partial charge in [0, 0.05) is 36.8 Å². The Morgan fingerprint density at radius 3 is 2.58 bits per heavy atom. The van der Waals surface area contributed by atoms with Gasteiger partial charge in [-0.1, -0.05) is 13.0 Å². The predicted octanol–water partition coefficient (Wildman–Crippen LogP) is 2.92. The third kappa shape index (κ3) is 4.64. The van der Waals surface area contributed by atoms with Crippen molar-refractivity contribution in [1.82, 2.24) is 15.1 Å². The smallest absolute Gasteiger partial charge is 0.253 e. The van der Waals surface area contributed by atoms with E-state index in [0.717, 1.165) is 32.4 Å². The molecule has 0 saturated carbocycles. The van der Waals surface area contributed by atoms with Crippen molar-refractivity contribution in [3.63, 3.8) is 0 Å². The van der Waals surface area contributed by atoms with Crippen LogP contribution in [-0.4, -0.2) is 60.4 Å². The highest BCUT2D eigenvalue weighted by Gasteiger charge is 2.26. The maximum atomic E-state index is 12.9. The summed E-state index contributed by atoms with van der Waals surface area (Å²) >= 11 is 0. The molecule has 0 radical (unpaired) electrons. The van der Waals surface area contributed by atoms with E-state index in [9.17, 15) is 9.59 Å². The third-order valence-electron chi connectivity index (χ3n) is 5.55. The first-order chi connectivity index (χ1) is 12.7. The molecule has 5 heteroatoms. The Bertz CT molecular complexity index is 625. The quantitative estimate of drug-likeness (QED) is 0.881. The van der Waals surface area contributed by atoms with Gasteiger partial charge < -0.3 is 15.1 Å². The topological polar surface area (TPSA) is 52.7 Å². The third-order valence-corrected chi connectivity index (χ3v) is 5.55. The molecular formula is C21H31N3O2. The SMILES string of the molecule is CCCNC(=O)c1cccc(C(=O)N2CCCC(N3CCCC3)CC2)c1. The molecule has 2 saturated heterocycles. The van der Waals surface area contributed by atoms with E-state index in [4.69, 9.17) is 0 Å². The van der Waals surface area contributed by atoms with Gasteiger partial charge >= 0.3 is 0 Å². The lowest BCUT2D eigenvalue weighted by Gasteiger charge is -2.26. The first-order valence-electron chi connectivity index (χ1n) is 10.1. The molecule has 0 aliphatic carbocycles. The highest BCUT2D eigenvalue weighted by Crippen LogP contribution is 2.22. The first-order valence-corrected chi connectivity index (χ1v) is 10.1. The number of likely N-dealkylation sites (tertiary alicyclic amines) is 2. The summed E-state index contributed by atoms with van der Waals surface area (Å²) in [4.78, 5) is 29.7. The Balaban J connectivity index is 1.62. The molecule has 3 rings (SSSR count). The molecule has 26 heavy (non-hydrogen) atoms. The molecule has 2 amide bonds. The Morgan fingerprint density at radius 1 is 1.04 bits per heavy atom. The zero-order chi connectivity index (χ0) is 18.4. The van der Waals surface area contributed by atoms with E-state index < -0.39 is 0 Å². The second-order valence-electron chi connectivity index (χ2n) is 7.46. The Kier molecular flexibility index (Phi) is 6.67. The van der Waals surface area contributed by atoms with Crippen molar-refractivity contribution in [2.24, 2.45) is 0 Å². The van der Waals surface area contributed by atoms with Crippen LogP contribution in [-0.2, 0) is 0 Å². The molecule has 1 aromatic rings. The van der Waals surface area contributed by atoms with Gasteiger partial charge in [0.05, 0.1) is 0 Å². The first kappa shape index (κ1) is 18.9. The number of hydrogen-bond donors (Lipinski definition) is 1. The highest BCUT2D eigenvalue weighted by atomic mass is 16.2. The molecule has 5 nitrogen and oxygen atoms in total. The summed E-state index contributed by atoms with van der Waals surface area (Å²) in [6.07, 6.45) is 6.82. The predicted molar refractivity (Wildman–Crippen MR) is 103 cm³/mol. The summed E-state index contributed by atoms with van der Waals surface area (Å²) < 4.78 is 0. The van der Waals surface area contributed by atoms with Crippen molar-refractivity contribution in [3.05, 3.63) is 35.4 Å². The molecule has 0 bridgehead atoms. The molecule has 2 aliphatic heterocycles. The number of amides is 2. The summed E-state index contributed by atoms with van der Waals surface area (Å²) in [5.74, 6) is -0.0522. The normalized spacial score (nSPS) is 21.4. The molecule has 1 aromatic carbocycles. The van der Waals surface area contributed by atoms with Gasteiger partial charge in [0.25, 0.3) is 11.8 Å². The van der Waals surface area contributed by atoms with Gasteiger partial charge in [0.2, 0.25) is 0 Å².